The molecule has 1 aromatic heterocycles. The molecule has 58 valence electrons. The van der Waals surface area contributed by atoms with E-state index in [2.05, 4.69) is 34.8 Å². The molecule has 1 heterocycles. The van der Waals surface area contributed by atoms with Crippen molar-refractivity contribution < 1.29 is 0 Å². The van der Waals surface area contributed by atoms with Crippen LogP contribution in [-0.4, -0.2) is 11.4 Å². The Morgan fingerprint density at radius 1 is 1.09 bits per heavy atom. The monoisotopic (exact) mass is 167 g/mol. The summed E-state index contributed by atoms with van der Waals surface area (Å²) in [4.78, 5) is 3.12. The van der Waals surface area contributed by atoms with Crippen LogP contribution in [0.15, 0.2) is 36.5 Å². The Balaban J connectivity index is 0.000000281. The maximum Gasteiger partial charge on any atom is 0.0453 e. The zero-order valence-electron chi connectivity index (χ0n) is 6.34. The van der Waals surface area contributed by atoms with E-state index in [1.165, 1.54) is 17.3 Å². The molecular formula is C9H10ClN. The molecule has 0 saturated heterocycles. The van der Waals surface area contributed by atoms with Crippen LogP contribution in [0.4, 0.5) is 0 Å². The molecule has 2 heteroatoms. The number of hydrogen-bond donors (Lipinski definition) is 1. The Morgan fingerprint density at radius 3 is 2.55 bits per heavy atom. The van der Waals surface area contributed by atoms with Crippen LogP contribution in [0.5, 0.6) is 0 Å². The van der Waals surface area contributed by atoms with Gasteiger partial charge in [-0.1, -0.05) is 18.2 Å². The second kappa shape index (κ2) is 4.04. The number of halogens is 1. The number of aromatic amines is 1. The Bertz CT molecular complexity index is 284. The Kier molecular flexibility index (Phi) is 2.99. The van der Waals surface area contributed by atoms with Crippen molar-refractivity contribution in [3.8, 4) is 0 Å². The first-order chi connectivity index (χ1) is 5.47. The molecule has 0 bridgehead atoms. The summed E-state index contributed by atoms with van der Waals surface area (Å²) in [6.07, 6.45) is 3.42. The fourth-order valence-electron chi connectivity index (χ4n) is 0.995. The van der Waals surface area contributed by atoms with Gasteiger partial charge in [0.15, 0.2) is 0 Å². The van der Waals surface area contributed by atoms with Crippen LogP contribution in [0.2, 0.25) is 0 Å². The van der Waals surface area contributed by atoms with E-state index in [0.717, 1.165) is 0 Å². The molecule has 2 rings (SSSR count). The molecule has 0 saturated carbocycles. The lowest BCUT2D eigenvalue weighted by atomic mass is 10.3. The number of H-pyrrole nitrogens is 1. The van der Waals surface area contributed by atoms with Crippen LogP contribution in [0.1, 0.15) is 0 Å². The van der Waals surface area contributed by atoms with Gasteiger partial charge in [0.25, 0.3) is 0 Å². The van der Waals surface area contributed by atoms with Crippen molar-refractivity contribution >= 4 is 22.5 Å². The molecule has 0 aliphatic heterocycles. The fourth-order valence-corrected chi connectivity index (χ4v) is 0.995. The smallest absolute Gasteiger partial charge is 0.0453 e. The van der Waals surface area contributed by atoms with Gasteiger partial charge in [0.05, 0.1) is 0 Å². The Morgan fingerprint density at radius 2 is 1.82 bits per heavy atom. The van der Waals surface area contributed by atoms with Crippen molar-refractivity contribution in [2.75, 3.05) is 6.38 Å². The first kappa shape index (κ1) is 8.15. The molecule has 0 aliphatic rings. The summed E-state index contributed by atoms with van der Waals surface area (Å²) in [5.74, 6) is 0. The molecule has 1 N–H and O–H groups in total. The fraction of sp³-hybridized carbons (Fsp3) is 0.111. The zero-order chi connectivity index (χ0) is 8.10. The second-order valence-corrected chi connectivity index (χ2v) is 2.06. The average molecular weight is 168 g/mol. The topological polar surface area (TPSA) is 15.8 Å². The molecule has 1 nitrogen and oxygen atoms in total. The van der Waals surface area contributed by atoms with Crippen molar-refractivity contribution in [2.24, 2.45) is 0 Å². The van der Waals surface area contributed by atoms with Crippen molar-refractivity contribution in [1.29, 1.82) is 0 Å². The van der Waals surface area contributed by atoms with Crippen LogP contribution in [-0.2, 0) is 0 Å². The van der Waals surface area contributed by atoms with Gasteiger partial charge in [-0.2, -0.15) is 0 Å². The number of aromatic nitrogens is 1. The van der Waals surface area contributed by atoms with Crippen LogP contribution in [0.25, 0.3) is 10.9 Å². The lowest BCUT2D eigenvalue weighted by Gasteiger charge is -1.83. The van der Waals surface area contributed by atoms with Gasteiger partial charge in [-0.25, -0.2) is 0 Å². The van der Waals surface area contributed by atoms with Gasteiger partial charge >= 0.3 is 0 Å². The first-order valence-corrected chi connectivity index (χ1v) is 4.12. The highest BCUT2D eigenvalue weighted by molar-refractivity contribution is 6.15. The summed E-state index contributed by atoms with van der Waals surface area (Å²) in [6, 6.07) is 10.3. The number of hydrogen-bond acceptors (Lipinski definition) is 0. The summed E-state index contributed by atoms with van der Waals surface area (Å²) in [6.45, 7) is 0. The third kappa shape index (κ3) is 1.75. The third-order valence-corrected chi connectivity index (χ3v) is 1.46. The highest BCUT2D eigenvalue weighted by Gasteiger charge is 1.86. The molecule has 0 amide bonds. The van der Waals surface area contributed by atoms with Gasteiger partial charge < -0.3 is 4.98 Å². The Labute approximate surface area is 71.0 Å². The standard InChI is InChI=1S/C8H7N.CH3Cl/c1-2-4-8-7(3-1)5-6-9-8;1-2/h1-6,9H;1H3. The van der Waals surface area contributed by atoms with Crippen molar-refractivity contribution in [2.45, 2.75) is 0 Å². The normalized spacial score (nSPS) is 8.91. The predicted molar refractivity (Wildman–Crippen MR) is 50.1 cm³/mol. The van der Waals surface area contributed by atoms with Gasteiger partial charge in [0.2, 0.25) is 0 Å². The molecule has 11 heavy (non-hydrogen) atoms. The van der Waals surface area contributed by atoms with Gasteiger partial charge in [0, 0.05) is 18.1 Å². The molecule has 1 aromatic carbocycles. The van der Waals surface area contributed by atoms with Crippen molar-refractivity contribution in [3.63, 3.8) is 0 Å². The number of para-hydroxylation sites is 1. The second-order valence-electron chi connectivity index (χ2n) is 2.06. The summed E-state index contributed by atoms with van der Waals surface area (Å²) in [7, 11) is 0. The third-order valence-electron chi connectivity index (χ3n) is 1.46. The Hall–Kier alpha value is -0.950. The summed E-state index contributed by atoms with van der Waals surface area (Å²) < 4.78 is 0. The van der Waals surface area contributed by atoms with E-state index in [4.69, 9.17) is 0 Å². The van der Waals surface area contributed by atoms with E-state index in [0.29, 0.717) is 0 Å². The highest BCUT2D eigenvalue weighted by Crippen LogP contribution is 2.09. The van der Waals surface area contributed by atoms with Gasteiger partial charge in [0.1, 0.15) is 0 Å². The predicted octanol–water partition coefficient (Wildman–Crippen LogP) is 3.02. The lowest BCUT2D eigenvalue weighted by molar-refractivity contribution is 1.48. The average Bonchev–Trinajstić information content (AvgIpc) is 2.55. The number of nitrogens with one attached hydrogen (secondary N) is 1. The molecule has 0 aliphatic carbocycles. The van der Waals surface area contributed by atoms with Gasteiger partial charge in [-0.15, -0.1) is 11.6 Å². The van der Waals surface area contributed by atoms with Crippen molar-refractivity contribution in [1.82, 2.24) is 4.98 Å². The minimum atomic E-state index is 1.21. The largest absolute Gasteiger partial charge is 0.361 e. The molecule has 0 atom stereocenters. The van der Waals surface area contributed by atoms with Crippen LogP contribution >= 0.6 is 11.6 Å². The van der Waals surface area contributed by atoms with Gasteiger partial charge in [-0.05, 0) is 17.5 Å². The molecule has 0 radical (unpaired) electrons. The molecule has 0 unspecified atom stereocenters. The van der Waals surface area contributed by atoms with Crippen molar-refractivity contribution in [3.05, 3.63) is 36.5 Å². The van der Waals surface area contributed by atoms with E-state index in [1.807, 2.05) is 18.3 Å². The first-order valence-electron chi connectivity index (χ1n) is 3.37. The van der Waals surface area contributed by atoms with E-state index in [-0.39, 0.29) is 0 Å². The zero-order valence-corrected chi connectivity index (χ0v) is 7.10. The number of benzene rings is 1. The van der Waals surface area contributed by atoms with E-state index < -0.39 is 0 Å². The van der Waals surface area contributed by atoms with Gasteiger partial charge in [-0.3, -0.25) is 0 Å². The SMILES string of the molecule is CCl.c1ccc2[nH]ccc2c1. The highest BCUT2D eigenvalue weighted by atomic mass is 35.5. The summed E-state index contributed by atoms with van der Waals surface area (Å²) in [5.41, 5.74) is 1.21. The molecule has 2 aromatic rings. The molecule has 0 spiro atoms. The maximum absolute atomic E-state index is 4.64. The maximum atomic E-state index is 4.64. The summed E-state index contributed by atoms with van der Waals surface area (Å²) in [5, 5.41) is 1.28. The van der Waals surface area contributed by atoms with Crippen LogP contribution in [0, 0.1) is 0 Å². The van der Waals surface area contributed by atoms with E-state index in [9.17, 15) is 0 Å². The molecule has 0 fully saturated rings. The van der Waals surface area contributed by atoms with Crippen LogP contribution < -0.4 is 0 Å². The number of alkyl halides is 1. The molecular weight excluding hydrogens is 158 g/mol. The summed E-state index contributed by atoms with van der Waals surface area (Å²) >= 11 is 4.64. The quantitative estimate of drug-likeness (QED) is 0.581. The number of fused-ring (bicyclic) bond motifs is 1. The van der Waals surface area contributed by atoms with E-state index in [1.54, 1.807) is 0 Å². The van der Waals surface area contributed by atoms with E-state index >= 15 is 0 Å². The number of rotatable bonds is 0. The lowest BCUT2D eigenvalue weighted by Crippen LogP contribution is -1.61. The minimum Gasteiger partial charge on any atom is -0.361 e. The van der Waals surface area contributed by atoms with Crippen LogP contribution in [0.3, 0.4) is 0 Å². The minimum absolute atomic E-state index is 1.21.